The number of hydrogen-bond donors (Lipinski definition) is 3. The number of benzene rings is 1. The van der Waals surface area contributed by atoms with Gasteiger partial charge in [0.25, 0.3) is 5.91 Å². The van der Waals surface area contributed by atoms with E-state index in [1.54, 1.807) is 0 Å². The summed E-state index contributed by atoms with van der Waals surface area (Å²) in [6.07, 6.45) is 1.76. The number of halogens is 2. The van der Waals surface area contributed by atoms with Crippen molar-refractivity contribution in [2.75, 3.05) is 6.54 Å². The van der Waals surface area contributed by atoms with Crippen LogP contribution in [0.2, 0.25) is 0 Å². The van der Waals surface area contributed by atoms with Crippen molar-refractivity contribution in [3.63, 3.8) is 0 Å². The minimum atomic E-state index is -0.618. The van der Waals surface area contributed by atoms with Gasteiger partial charge in [-0.15, -0.1) is 12.4 Å². The van der Waals surface area contributed by atoms with Gasteiger partial charge in [-0.1, -0.05) is 13.8 Å². The molecule has 25 heavy (non-hydrogen) atoms. The molecule has 140 valence electrons. The molecule has 1 saturated heterocycles. The van der Waals surface area contributed by atoms with Gasteiger partial charge in [-0.25, -0.2) is 4.39 Å². The van der Waals surface area contributed by atoms with E-state index in [4.69, 9.17) is 0 Å². The van der Waals surface area contributed by atoms with Crippen LogP contribution < -0.4 is 16.0 Å². The third kappa shape index (κ3) is 6.29. The maximum absolute atomic E-state index is 13.0. The fraction of sp³-hybridized carbons (Fsp3) is 0.556. The molecule has 0 aromatic heterocycles. The van der Waals surface area contributed by atoms with Crippen molar-refractivity contribution >= 4 is 24.2 Å². The average molecular weight is 372 g/mol. The highest BCUT2D eigenvalue weighted by Gasteiger charge is 2.28. The molecule has 3 N–H and O–H groups in total. The number of hydrogen-bond acceptors (Lipinski definition) is 3. The van der Waals surface area contributed by atoms with Crippen LogP contribution in [0.15, 0.2) is 24.3 Å². The van der Waals surface area contributed by atoms with Crippen LogP contribution in [0.3, 0.4) is 0 Å². The molecule has 5 nitrogen and oxygen atoms in total. The summed E-state index contributed by atoms with van der Waals surface area (Å²) in [5.41, 5.74) is 0.338. The summed E-state index contributed by atoms with van der Waals surface area (Å²) in [5.74, 6) is -0.986. The predicted octanol–water partition coefficient (Wildman–Crippen LogP) is 2.26. The average Bonchev–Trinajstić information content (AvgIpc) is 2.52. The molecule has 3 unspecified atom stereocenters. The Bertz CT molecular complexity index is 580. The zero-order valence-corrected chi connectivity index (χ0v) is 15.7. The lowest BCUT2D eigenvalue weighted by molar-refractivity contribution is -0.124. The highest BCUT2D eigenvalue weighted by molar-refractivity contribution is 5.97. The number of nitrogens with one attached hydrogen (secondary N) is 3. The standard InChI is InChI=1S/C18H26FN3O2.ClH/c1-11(2)16(18(24)21-15-8-9-20-12(3)10-15)22-17(23)13-4-6-14(19)7-5-13;/h4-7,11-12,15-16,20H,8-10H2,1-3H3,(H,21,24)(H,22,23);1H. The van der Waals surface area contributed by atoms with Crippen molar-refractivity contribution in [1.29, 1.82) is 0 Å². The van der Waals surface area contributed by atoms with E-state index in [-0.39, 0.29) is 36.2 Å². The third-order valence-corrected chi connectivity index (χ3v) is 4.31. The molecule has 0 aliphatic carbocycles. The Kier molecular flexibility index (Phi) is 8.32. The van der Waals surface area contributed by atoms with Gasteiger partial charge in [0.15, 0.2) is 0 Å². The van der Waals surface area contributed by atoms with Crippen LogP contribution in [0.4, 0.5) is 4.39 Å². The lowest BCUT2D eigenvalue weighted by Crippen LogP contribution is -2.54. The Labute approximate surface area is 154 Å². The Balaban J connectivity index is 0.00000312. The quantitative estimate of drug-likeness (QED) is 0.743. The van der Waals surface area contributed by atoms with Crippen LogP contribution >= 0.6 is 12.4 Å². The molecule has 1 aliphatic heterocycles. The van der Waals surface area contributed by atoms with Crippen molar-refractivity contribution < 1.29 is 14.0 Å². The first-order valence-corrected chi connectivity index (χ1v) is 8.47. The second kappa shape index (κ2) is 9.73. The predicted molar refractivity (Wildman–Crippen MR) is 98.4 cm³/mol. The van der Waals surface area contributed by atoms with Crippen molar-refractivity contribution in [3.8, 4) is 0 Å². The number of rotatable bonds is 5. The molecule has 0 saturated carbocycles. The van der Waals surface area contributed by atoms with Gasteiger partial charge in [0, 0.05) is 17.6 Å². The van der Waals surface area contributed by atoms with Gasteiger partial charge in [0.1, 0.15) is 11.9 Å². The van der Waals surface area contributed by atoms with E-state index in [0.717, 1.165) is 19.4 Å². The SMILES string of the molecule is CC1CC(NC(=O)C(NC(=O)c2ccc(F)cc2)C(C)C)CCN1.Cl. The molecule has 1 fully saturated rings. The fourth-order valence-corrected chi connectivity index (χ4v) is 2.91. The van der Waals surface area contributed by atoms with Crippen LogP contribution in [-0.2, 0) is 4.79 Å². The molecule has 0 bridgehead atoms. The van der Waals surface area contributed by atoms with Crippen LogP contribution in [0.5, 0.6) is 0 Å². The minimum absolute atomic E-state index is 0. The smallest absolute Gasteiger partial charge is 0.251 e. The zero-order valence-electron chi connectivity index (χ0n) is 14.8. The molecule has 2 rings (SSSR count). The monoisotopic (exact) mass is 371 g/mol. The summed E-state index contributed by atoms with van der Waals surface area (Å²) in [4.78, 5) is 24.9. The first-order valence-electron chi connectivity index (χ1n) is 8.47. The number of amides is 2. The molecular weight excluding hydrogens is 345 g/mol. The van der Waals surface area contributed by atoms with E-state index in [2.05, 4.69) is 22.9 Å². The van der Waals surface area contributed by atoms with Gasteiger partial charge in [-0.2, -0.15) is 0 Å². The number of carbonyl (C=O) groups is 2. The summed E-state index contributed by atoms with van der Waals surface area (Å²) >= 11 is 0. The first-order chi connectivity index (χ1) is 11.4. The Morgan fingerprint density at radius 3 is 2.44 bits per heavy atom. The van der Waals surface area contributed by atoms with Gasteiger partial charge in [-0.3, -0.25) is 9.59 Å². The van der Waals surface area contributed by atoms with Gasteiger partial charge >= 0.3 is 0 Å². The maximum Gasteiger partial charge on any atom is 0.251 e. The van der Waals surface area contributed by atoms with Crippen LogP contribution in [0, 0.1) is 11.7 Å². The van der Waals surface area contributed by atoms with Gasteiger partial charge < -0.3 is 16.0 Å². The Morgan fingerprint density at radius 1 is 1.24 bits per heavy atom. The van der Waals surface area contributed by atoms with E-state index in [9.17, 15) is 14.0 Å². The first kappa shape index (κ1) is 21.4. The van der Waals surface area contributed by atoms with Crippen LogP contribution in [0.1, 0.15) is 44.0 Å². The second-order valence-electron chi connectivity index (χ2n) is 6.79. The van der Waals surface area contributed by atoms with Crippen molar-refractivity contribution in [2.24, 2.45) is 5.92 Å². The lowest BCUT2D eigenvalue weighted by Gasteiger charge is -2.31. The minimum Gasteiger partial charge on any atom is -0.351 e. The van der Waals surface area contributed by atoms with Crippen molar-refractivity contribution in [3.05, 3.63) is 35.6 Å². The fourth-order valence-electron chi connectivity index (χ4n) is 2.91. The van der Waals surface area contributed by atoms with E-state index in [1.165, 1.54) is 24.3 Å². The molecule has 2 amide bonds. The van der Waals surface area contributed by atoms with Crippen molar-refractivity contribution in [2.45, 2.75) is 51.7 Å². The molecule has 1 aromatic carbocycles. The molecule has 0 radical (unpaired) electrons. The third-order valence-electron chi connectivity index (χ3n) is 4.31. The van der Waals surface area contributed by atoms with Crippen LogP contribution in [-0.4, -0.2) is 36.5 Å². The van der Waals surface area contributed by atoms with Crippen LogP contribution in [0.25, 0.3) is 0 Å². The summed E-state index contributed by atoms with van der Waals surface area (Å²) < 4.78 is 13.0. The highest BCUT2D eigenvalue weighted by atomic mass is 35.5. The van der Waals surface area contributed by atoms with Gasteiger partial charge in [0.2, 0.25) is 5.91 Å². The second-order valence-corrected chi connectivity index (χ2v) is 6.79. The molecule has 7 heteroatoms. The summed E-state index contributed by atoms with van der Waals surface area (Å²) in [6.45, 7) is 6.75. The summed E-state index contributed by atoms with van der Waals surface area (Å²) in [5, 5.41) is 9.15. The highest BCUT2D eigenvalue weighted by Crippen LogP contribution is 2.11. The Morgan fingerprint density at radius 2 is 1.88 bits per heavy atom. The molecular formula is C18H27ClFN3O2. The summed E-state index contributed by atoms with van der Waals surface area (Å²) in [7, 11) is 0. The molecule has 1 heterocycles. The molecule has 1 aromatic rings. The zero-order chi connectivity index (χ0) is 17.7. The number of piperidine rings is 1. The maximum atomic E-state index is 13.0. The molecule has 0 spiro atoms. The topological polar surface area (TPSA) is 70.2 Å². The van der Waals surface area contributed by atoms with E-state index >= 15 is 0 Å². The molecule has 3 atom stereocenters. The Hall–Kier alpha value is -1.66. The normalized spacial score (nSPS) is 21.2. The van der Waals surface area contributed by atoms with E-state index < -0.39 is 11.9 Å². The van der Waals surface area contributed by atoms with E-state index in [1.807, 2.05) is 13.8 Å². The summed E-state index contributed by atoms with van der Waals surface area (Å²) in [6, 6.07) is 5.16. The van der Waals surface area contributed by atoms with Crippen molar-refractivity contribution in [1.82, 2.24) is 16.0 Å². The largest absolute Gasteiger partial charge is 0.351 e. The number of carbonyl (C=O) groups excluding carboxylic acids is 2. The van der Waals surface area contributed by atoms with E-state index in [0.29, 0.717) is 11.6 Å². The van der Waals surface area contributed by atoms with Gasteiger partial charge in [-0.05, 0) is 56.5 Å². The lowest BCUT2D eigenvalue weighted by atomic mass is 9.98. The molecule has 1 aliphatic rings. The van der Waals surface area contributed by atoms with Gasteiger partial charge in [0.05, 0.1) is 0 Å².